The molecule has 29 heavy (non-hydrogen) atoms. The number of cyclic esters (lactones) is 1. The van der Waals surface area contributed by atoms with E-state index in [9.17, 15) is 14.4 Å². The lowest BCUT2D eigenvalue weighted by Gasteiger charge is -2.15. The Morgan fingerprint density at radius 1 is 1.21 bits per heavy atom. The van der Waals surface area contributed by atoms with E-state index < -0.39 is 6.09 Å². The van der Waals surface area contributed by atoms with Crippen molar-refractivity contribution in [2.24, 2.45) is 0 Å². The Morgan fingerprint density at radius 2 is 2.00 bits per heavy atom. The van der Waals surface area contributed by atoms with Crippen molar-refractivity contribution in [2.75, 3.05) is 25.0 Å². The summed E-state index contributed by atoms with van der Waals surface area (Å²) in [6.45, 7) is 4.65. The molecule has 1 aliphatic rings. The number of ether oxygens (including phenoxy) is 1. The molecule has 3 rings (SSSR count). The molecular weight excluding hydrogens is 394 g/mol. The van der Waals surface area contributed by atoms with Crippen molar-refractivity contribution in [2.45, 2.75) is 20.4 Å². The zero-order valence-electron chi connectivity index (χ0n) is 16.3. The van der Waals surface area contributed by atoms with Gasteiger partial charge in [0.25, 0.3) is 5.91 Å². The van der Waals surface area contributed by atoms with Gasteiger partial charge < -0.3 is 15.4 Å². The average Bonchev–Trinajstić information content (AvgIpc) is 3.09. The molecule has 0 atom stereocenters. The van der Waals surface area contributed by atoms with Crippen molar-refractivity contribution in [3.05, 3.63) is 63.7 Å². The van der Waals surface area contributed by atoms with E-state index in [2.05, 4.69) is 10.6 Å². The van der Waals surface area contributed by atoms with Crippen LogP contribution in [-0.4, -0.2) is 42.5 Å². The lowest BCUT2D eigenvalue weighted by atomic mass is 10.1. The van der Waals surface area contributed by atoms with Crippen LogP contribution in [0.4, 0.5) is 10.5 Å². The maximum atomic E-state index is 12.6. The molecule has 1 heterocycles. The Labute approximate surface area is 174 Å². The largest absolute Gasteiger partial charge is 0.448 e. The normalized spacial score (nSPS) is 13.2. The molecule has 152 valence electrons. The second-order valence-corrected chi connectivity index (χ2v) is 7.23. The summed E-state index contributed by atoms with van der Waals surface area (Å²) in [5, 5.41) is 6.28. The third-order valence-corrected chi connectivity index (χ3v) is 5.18. The highest BCUT2D eigenvalue weighted by Crippen LogP contribution is 2.20. The van der Waals surface area contributed by atoms with Crippen molar-refractivity contribution in [3.63, 3.8) is 0 Å². The number of hydrogen-bond donors (Lipinski definition) is 2. The first-order chi connectivity index (χ1) is 13.8. The summed E-state index contributed by atoms with van der Waals surface area (Å²) in [6.07, 6.45) is -0.499. The van der Waals surface area contributed by atoms with Crippen LogP contribution in [0.15, 0.2) is 36.4 Å². The molecule has 3 amide bonds. The van der Waals surface area contributed by atoms with Gasteiger partial charge in [-0.3, -0.25) is 14.5 Å². The Bertz CT molecular complexity index is 961. The number of hydrogen-bond acceptors (Lipinski definition) is 4. The minimum absolute atomic E-state index is 0.0945. The quantitative estimate of drug-likeness (QED) is 0.757. The van der Waals surface area contributed by atoms with E-state index in [4.69, 9.17) is 16.3 Å². The van der Waals surface area contributed by atoms with Gasteiger partial charge in [-0.15, -0.1) is 0 Å². The van der Waals surface area contributed by atoms with Gasteiger partial charge in [0.15, 0.2) is 0 Å². The molecule has 0 radical (unpaired) electrons. The number of carbonyl (C=O) groups is 3. The first kappa shape index (κ1) is 20.7. The molecule has 7 nitrogen and oxygen atoms in total. The number of nitrogens with one attached hydrogen (secondary N) is 2. The fraction of sp³-hybridized carbons (Fsp3) is 0.286. The van der Waals surface area contributed by atoms with Gasteiger partial charge in [0.2, 0.25) is 5.91 Å². The summed E-state index contributed by atoms with van der Waals surface area (Å²) in [5.74, 6) is -0.609. The van der Waals surface area contributed by atoms with Gasteiger partial charge >= 0.3 is 6.09 Å². The molecule has 1 fully saturated rings. The summed E-state index contributed by atoms with van der Waals surface area (Å²) in [7, 11) is 0. The molecule has 0 bridgehead atoms. The van der Waals surface area contributed by atoms with Gasteiger partial charge in [-0.25, -0.2) is 4.79 Å². The van der Waals surface area contributed by atoms with Crippen LogP contribution in [0.2, 0.25) is 5.02 Å². The number of nitrogens with zero attached hydrogens (tertiary/aromatic N) is 1. The maximum absolute atomic E-state index is 12.6. The second-order valence-electron chi connectivity index (χ2n) is 6.82. The highest BCUT2D eigenvalue weighted by atomic mass is 35.5. The summed E-state index contributed by atoms with van der Waals surface area (Å²) in [5.41, 5.74) is 3.61. The summed E-state index contributed by atoms with van der Waals surface area (Å²) in [4.78, 5) is 37.6. The molecule has 0 aromatic heterocycles. The number of carbonyl (C=O) groups excluding carboxylic acids is 3. The van der Waals surface area contributed by atoms with Crippen LogP contribution < -0.4 is 10.6 Å². The molecule has 2 N–H and O–H groups in total. The number of amides is 3. The first-order valence-electron chi connectivity index (χ1n) is 9.19. The molecule has 0 aliphatic carbocycles. The molecule has 0 spiro atoms. The van der Waals surface area contributed by atoms with Crippen molar-refractivity contribution < 1.29 is 19.1 Å². The smallest absolute Gasteiger partial charge is 0.410 e. The van der Waals surface area contributed by atoms with Crippen molar-refractivity contribution in [3.8, 4) is 0 Å². The van der Waals surface area contributed by atoms with Crippen molar-refractivity contribution in [1.82, 2.24) is 10.2 Å². The van der Waals surface area contributed by atoms with Crippen LogP contribution in [-0.2, 0) is 16.1 Å². The van der Waals surface area contributed by atoms with Crippen LogP contribution in [0, 0.1) is 13.8 Å². The number of aryl methyl sites for hydroxylation is 1. The first-order valence-corrected chi connectivity index (χ1v) is 9.57. The molecule has 0 unspecified atom stereocenters. The number of benzene rings is 2. The Kier molecular flexibility index (Phi) is 6.39. The molecule has 2 aromatic carbocycles. The minimum Gasteiger partial charge on any atom is -0.448 e. The van der Waals surface area contributed by atoms with E-state index in [-0.39, 0.29) is 25.0 Å². The molecule has 1 aliphatic heterocycles. The SMILES string of the molecule is Cc1ccc(C(=O)NCc2cccc(Cl)c2C)cc1NC(=O)CN1CCOC1=O. The van der Waals surface area contributed by atoms with Crippen molar-refractivity contribution in [1.29, 1.82) is 0 Å². The van der Waals surface area contributed by atoms with Gasteiger partial charge in [-0.1, -0.05) is 29.8 Å². The fourth-order valence-corrected chi connectivity index (χ4v) is 3.15. The number of anilines is 1. The summed E-state index contributed by atoms with van der Waals surface area (Å²) in [6, 6.07) is 10.6. The minimum atomic E-state index is -0.499. The second kappa shape index (κ2) is 8.96. The molecular formula is C21H22ClN3O4. The van der Waals surface area contributed by atoms with Crippen molar-refractivity contribution >= 4 is 35.2 Å². The van der Waals surface area contributed by atoms with Gasteiger partial charge in [-0.2, -0.15) is 0 Å². The summed E-state index contributed by atoms with van der Waals surface area (Å²) < 4.78 is 4.82. The van der Waals surface area contributed by atoms with E-state index in [1.807, 2.05) is 26.0 Å². The van der Waals surface area contributed by atoms with E-state index in [0.29, 0.717) is 29.4 Å². The molecule has 1 saturated heterocycles. The predicted octanol–water partition coefficient (Wildman–Crippen LogP) is 3.28. The predicted molar refractivity (Wildman–Crippen MR) is 110 cm³/mol. The zero-order valence-corrected chi connectivity index (χ0v) is 17.0. The lowest BCUT2D eigenvalue weighted by molar-refractivity contribution is -0.116. The van der Waals surface area contributed by atoms with Crippen LogP contribution >= 0.6 is 11.6 Å². The monoisotopic (exact) mass is 415 g/mol. The van der Waals surface area contributed by atoms with Gasteiger partial charge in [0.05, 0.1) is 6.54 Å². The number of rotatable bonds is 6. The van der Waals surface area contributed by atoms with Crippen LogP contribution in [0.1, 0.15) is 27.0 Å². The molecule has 2 aromatic rings. The van der Waals surface area contributed by atoms with Crippen LogP contribution in [0.25, 0.3) is 0 Å². The van der Waals surface area contributed by atoms with E-state index >= 15 is 0 Å². The zero-order chi connectivity index (χ0) is 21.0. The third-order valence-electron chi connectivity index (χ3n) is 4.77. The van der Waals surface area contributed by atoms with E-state index in [0.717, 1.165) is 16.7 Å². The van der Waals surface area contributed by atoms with E-state index in [1.54, 1.807) is 24.3 Å². The van der Waals surface area contributed by atoms with Gasteiger partial charge in [0.1, 0.15) is 13.2 Å². The standard InChI is InChI=1S/C21H22ClN3O4/c1-13-6-7-15(20(27)23-11-16-4-3-5-17(22)14(16)2)10-18(13)24-19(26)12-25-8-9-29-21(25)28/h3-7,10H,8-9,11-12H2,1-2H3,(H,23,27)(H,24,26). The summed E-state index contributed by atoms with van der Waals surface area (Å²) >= 11 is 6.12. The van der Waals surface area contributed by atoms with Crippen LogP contribution in [0.3, 0.4) is 0 Å². The third kappa shape index (κ3) is 5.06. The highest BCUT2D eigenvalue weighted by molar-refractivity contribution is 6.31. The lowest BCUT2D eigenvalue weighted by Crippen LogP contribution is -2.34. The maximum Gasteiger partial charge on any atom is 0.410 e. The van der Waals surface area contributed by atoms with Gasteiger partial charge in [-0.05, 0) is 48.7 Å². The Balaban J connectivity index is 1.64. The van der Waals surface area contributed by atoms with Gasteiger partial charge in [0, 0.05) is 22.8 Å². The Morgan fingerprint density at radius 3 is 2.72 bits per heavy atom. The Hall–Kier alpha value is -3.06. The fourth-order valence-electron chi connectivity index (χ4n) is 2.95. The molecule has 8 heteroatoms. The average molecular weight is 416 g/mol. The highest BCUT2D eigenvalue weighted by Gasteiger charge is 2.24. The number of halogens is 1. The topological polar surface area (TPSA) is 87.7 Å². The van der Waals surface area contributed by atoms with E-state index in [1.165, 1.54) is 4.90 Å². The molecule has 0 saturated carbocycles. The van der Waals surface area contributed by atoms with Crippen LogP contribution in [0.5, 0.6) is 0 Å².